The van der Waals surface area contributed by atoms with Gasteiger partial charge in [0, 0.05) is 20.3 Å². The molecule has 0 saturated carbocycles. The molecule has 1 aliphatic heterocycles. The molecule has 0 N–H and O–H groups in total. The van der Waals surface area contributed by atoms with E-state index in [0.29, 0.717) is 10.5 Å². The number of aryl methyl sites for hydroxylation is 2. The van der Waals surface area contributed by atoms with Gasteiger partial charge < -0.3 is 0 Å². The summed E-state index contributed by atoms with van der Waals surface area (Å²) in [5, 5.41) is 3.97. The first-order valence-electron chi connectivity index (χ1n) is 20.0. The predicted molar refractivity (Wildman–Crippen MR) is 242 cm³/mol. The van der Waals surface area contributed by atoms with Gasteiger partial charge in [0.2, 0.25) is 0 Å². The third-order valence-electron chi connectivity index (χ3n) is 7.04. The van der Waals surface area contributed by atoms with Gasteiger partial charge in [-0.3, -0.25) is 0 Å². The lowest BCUT2D eigenvalue weighted by molar-refractivity contribution is 0.685. The van der Waals surface area contributed by atoms with E-state index in [-0.39, 0.29) is 0 Å². The molecule has 0 fully saturated rings. The van der Waals surface area contributed by atoms with E-state index < -0.39 is 0 Å². The van der Waals surface area contributed by atoms with E-state index in [1.165, 1.54) is 60.4 Å². The summed E-state index contributed by atoms with van der Waals surface area (Å²) in [5.41, 5.74) is 6.31. The molecule has 282 valence electrons. The second kappa shape index (κ2) is 36.2. The minimum Gasteiger partial charge on any atom is -0.145 e. The zero-order chi connectivity index (χ0) is 38.7. The van der Waals surface area contributed by atoms with Gasteiger partial charge in [-0.05, 0) is 87.3 Å². The summed E-state index contributed by atoms with van der Waals surface area (Å²) in [6.45, 7) is 33.2. The Morgan fingerprint density at radius 3 is 1.42 bits per heavy atom. The maximum absolute atomic E-state index is 2.34. The van der Waals surface area contributed by atoms with E-state index in [4.69, 9.17) is 0 Å². The van der Waals surface area contributed by atoms with E-state index >= 15 is 0 Å². The number of hydrogen-bond acceptors (Lipinski definition) is 2. The molecule has 0 nitrogen and oxygen atoms in total. The van der Waals surface area contributed by atoms with Gasteiger partial charge in [0.15, 0.2) is 0 Å². The summed E-state index contributed by atoms with van der Waals surface area (Å²) in [6.07, 6.45) is 25.4. The molecule has 3 aromatic rings. The van der Waals surface area contributed by atoms with Crippen molar-refractivity contribution in [3.8, 4) is 0 Å². The third-order valence-corrected chi connectivity index (χ3v) is 9.44. The molecule has 2 atom stereocenters. The Morgan fingerprint density at radius 2 is 1.08 bits per heavy atom. The van der Waals surface area contributed by atoms with Crippen LogP contribution in [0.2, 0.25) is 0 Å². The summed E-state index contributed by atoms with van der Waals surface area (Å²) in [5.74, 6) is 0. The fourth-order valence-corrected chi connectivity index (χ4v) is 7.43. The monoisotopic (exact) mass is 719 g/mol. The van der Waals surface area contributed by atoms with E-state index in [1.807, 2.05) is 92.3 Å². The zero-order valence-corrected chi connectivity index (χ0v) is 37.1. The Labute approximate surface area is 321 Å². The molecule has 50 heavy (non-hydrogen) atoms. The molecule has 3 aliphatic carbocycles. The number of benzene rings is 2. The van der Waals surface area contributed by atoms with Gasteiger partial charge in [0.05, 0.1) is 0 Å². The minimum absolute atomic E-state index is 0.653. The summed E-state index contributed by atoms with van der Waals surface area (Å²) >= 11 is 4.00. The Hall–Kier alpha value is -2.55. The Kier molecular flexibility index (Phi) is 37.6. The Balaban J connectivity index is -0.000000536. The smallest absolute Gasteiger partial charge is 0.0483 e. The lowest BCUT2D eigenvalue weighted by Gasteiger charge is -2.12. The SMILES string of the molecule is CC.CC.CC.CC.CC.CC1=CC=CC1.CC1C=C2C=CC=CC2S1.CCC.Cc1sc(C)c2c1CCCC2.c1ccc2ccccc2c1. The lowest BCUT2D eigenvalue weighted by atomic mass is 9.92. The van der Waals surface area contributed by atoms with E-state index in [2.05, 4.69) is 139 Å². The van der Waals surface area contributed by atoms with Crippen molar-refractivity contribution in [1.82, 2.24) is 0 Å². The number of thioether (sulfide) groups is 1. The predicted octanol–water partition coefficient (Wildman–Crippen LogP) is 17.1. The Bertz CT molecular complexity index is 1250. The first-order chi connectivity index (χ1) is 24.4. The van der Waals surface area contributed by atoms with Crippen LogP contribution in [0.4, 0.5) is 0 Å². The van der Waals surface area contributed by atoms with Crippen LogP contribution in [0.15, 0.2) is 108 Å². The van der Waals surface area contributed by atoms with Crippen LogP contribution >= 0.6 is 23.1 Å². The average molecular weight is 719 g/mol. The van der Waals surface area contributed by atoms with Crippen LogP contribution in [-0.4, -0.2) is 10.5 Å². The number of rotatable bonds is 0. The van der Waals surface area contributed by atoms with Crippen molar-refractivity contribution < 1.29 is 0 Å². The highest BCUT2D eigenvalue weighted by Gasteiger charge is 2.21. The lowest BCUT2D eigenvalue weighted by Crippen LogP contribution is -2.00. The van der Waals surface area contributed by atoms with Crippen LogP contribution < -0.4 is 0 Å². The molecule has 2 unspecified atom stereocenters. The molecular weight excluding hydrogens is 641 g/mol. The van der Waals surface area contributed by atoms with Gasteiger partial charge in [-0.2, -0.15) is 0 Å². The molecule has 0 amide bonds. The molecule has 0 radical (unpaired) electrons. The van der Waals surface area contributed by atoms with Crippen LogP contribution in [0.3, 0.4) is 0 Å². The highest BCUT2D eigenvalue weighted by Crippen LogP contribution is 2.36. The fourth-order valence-electron chi connectivity index (χ4n) is 5.08. The average Bonchev–Trinajstić information content (AvgIpc) is 3.91. The van der Waals surface area contributed by atoms with Gasteiger partial charge >= 0.3 is 0 Å². The number of thiophene rings is 1. The topological polar surface area (TPSA) is 0 Å². The van der Waals surface area contributed by atoms with Crippen molar-refractivity contribution in [2.24, 2.45) is 0 Å². The van der Waals surface area contributed by atoms with E-state index in [1.54, 1.807) is 20.9 Å². The van der Waals surface area contributed by atoms with Gasteiger partial charge in [-0.1, -0.05) is 192 Å². The van der Waals surface area contributed by atoms with Crippen LogP contribution in [0.25, 0.3) is 10.8 Å². The van der Waals surface area contributed by atoms with E-state index in [0.717, 1.165) is 0 Å². The van der Waals surface area contributed by atoms with Crippen LogP contribution in [-0.2, 0) is 12.8 Å². The third kappa shape index (κ3) is 21.6. The number of allylic oxidation sites excluding steroid dienone is 7. The highest BCUT2D eigenvalue weighted by atomic mass is 32.2. The van der Waals surface area contributed by atoms with Crippen molar-refractivity contribution in [1.29, 1.82) is 0 Å². The summed E-state index contributed by atoms with van der Waals surface area (Å²) in [6, 6.07) is 16.7. The van der Waals surface area contributed by atoms with Crippen molar-refractivity contribution in [3.63, 3.8) is 0 Å². The number of hydrogen-bond donors (Lipinski definition) is 0. The molecule has 2 heteroatoms. The summed E-state index contributed by atoms with van der Waals surface area (Å²) in [7, 11) is 0. The normalized spacial score (nSPS) is 16.0. The van der Waals surface area contributed by atoms with Gasteiger partial charge in [-0.25, -0.2) is 0 Å². The Morgan fingerprint density at radius 1 is 0.640 bits per heavy atom. The maximum Gasteiger partial charge on any atom is 0.0483 e. The largest absolute Gasteiger partial charge is 0.145 e. The first-order valence-corrected chi connectivity index (χ1v) is 21.7. The van der Waals surface area contributed by atoms with Crippen molar-refractivity contribution >= 4 is 33.9 Å². The second-order valence-corrected chi connectivity index (χ2v) is 13.7. The molecule has 0 spiro atoms. The van der Waals surface area contributed by atoms with Crippen LogP contribution in [0.5, 0.6) is 0 Å². The molecule has 0 bridgehead atoms. The molecule has 0 saturated heterocycles. The molecule has 7 rings (SSSR count). The maximum atomic E-state index is 2.34. The minimum atomic E-state index is 0.653. The van der Waals surface area contributed by atoms with Crippen molar-refractivity contribution in [3.05, 3.63) is 129 Å². The highest BCUT2D eigenvalue weighted by molar-refractivity contribution is 8.01. The van der Waals surface area contributed by atoms with Crippen LogP contribution in [0, 0.1) is 13.8 Å². The quantitative estimate of drug-likeness (QED) is 0.223. The zero-order valence-electron chi connectivity index (χ0n) is 35.5. The molecule has 4 aliphatic rings. The molecule has 2 aromatic carbocycles. The first kappa shape index (κ1) is 51.8. The number of fused-ring (bicyclic) bond motifs is 3. The van der Waals surface area contributed by atoms with Gasteiger partial charge in [0.25, 0.3) is 0 Å². The van der Waals surface area contributed by atoms with Crippen LogP contribution in [0.1, 0.15) is 143 Å². The summed E-state index contributed by atoms with van der Waals surface area (Å²) < 4.78 is 0. The van der Waals surface area contributed by atoms with Gasteiger partial charge in [-0.15, -0.1) is 23.1 Å². The summed E-state index contributed by atoms with van der Waals surface area (Å²) in [4.78, 5) is 3.13. The standard InChI is InChI=1S/C10H14S.C10H8.C9H10S.C6H8.C3H8.5C2H6/c1-7-9-5-3-4-6-10(9)8(2)11-7;1-2-6-10-8-4-3-7-9(10)5-1;1-7-6-8-4-2-3-5-9(8)10-7;1-6-4-2-3-5-6;1-3-2;5*1-2/h3-6H2,1-2H3;1-8H;2-7,9H,1H3;2-4H,5H2,1H3;3H2,1-2H3;5*1-2H3. The van der Waals surface area contributed by atoms with E-state index in [9.17, 15) is 0 Å². The molecular formula is C48H78S2. The van der Waals surface area contributed by atoms with Gasteiger partial charge in [0.1, 0.15) is 0 Å². The van der Waals surface area contributed by atoms with Crippen molar-refractivity contribution in [2.45, 2.75) is 160 Å². The molecule has 1 aromatic heterocycles. The van der Waals surface area contributed by atoms with Crippen molar-refractivity contribution in [2.75, 3.05) is 0 Å². The second-order valence-electron chi connectivity index (χ2n) is 10.8. The fraction of sp³-hybridized carbons (Fsp3) is 0.500. The molecule has 2 heterocycles.